The minimum Gasteiger partial charge on any atom is -0.384 e. The van der Waals surface area contributed by atoms with Gasteiger partial charge in [-0.15, -0.1) is 0 Å². The molecule has 1 nitrogen and oxygen atoms in total. The molecule has 0 aromatic heterocycles. The average molecular weight is 113 g/mol. The van der Waals surface area contributed by atoms with Gasteiger partial charge in [-0.25, -0.2) is 0 Å². The van der Waals surface area contributed by atoms with E-state index in [1.165, 1.54) is 6.42 Å². The van der Waals surface area contributed by atoms with Gasteiger partial charge in [-0.05, 0) is 24.7 Å². The Kier molecular flexibility index (Phi) is 1.90. The molecule has 1 fully saturated rings. The topological polar surface area (TPSA) is 9.23 Å². The first-order valence-corrected chi connectivity index (χ1v) is 3.17. The summed E-state index contributed by atoms with van der Waals surface area (Å²) in [6.45, 7) is 3.10. The SMILES string of the molecule is COC[CH]C1CC1C. The van der Waals surface area contributed by atoms with E-state index in [4.69, 9.17) is 4.74 Å². The predicted molar refractivity (Wildman–Crippen MR) is 33.4 cm³/mol. The number of hydrogen-bond donors (Lipinski definition) is 0. The lowest BCUT2D eigenvalue weighted by atomic mass is 10.3. The van der Waals surface area contributed by atoms with Crippen LogP contribution in [0.2, 0.25) is 0 Å². The number of hydrogen-bond acceptors (Lipinski definition) is 1. The molecule has 1 aliphatic carbocycles. The highest BCUT2D eigenvalue weighted by atomic mass is 16.5. The van der Waals surface area contributed by atoms with Crippen LogP contribution in [0.15, 0.2) is 0 Å². The van der Waals surface area contributed by atoms with E-state index < -0.39 is 0 Å². The van der Waals surface area contributed by atoms with Crippen LogP contribution in [0.4, 0.5) is 0 Å². The molecule has 0 amide bonds. The van der Waals surface area contributed by atoms with Crippen molar-refractivity contribution >= 4 is 0 Å². The lowest BCUT2D eigenvalue weighted by Crippen LogP contribution is -1.91. The van der Waals surface area contributed by atoms with Crippen LogP contribution < -0.4 is 0 Å². The first-order chi connectivity index (χ1) is 3.84. The maximum absolute atomic E-state index is 4.89. The second-order valence-corrected chi connectivity index (χ2v) is 2.57. The van der Waals surface area contributed by atoms with Gasteiger partial charge >= 0.3 is 0 Å². The Morgan fingerprint density at radius 3 is 2.75 bits per heavy atom. The fourth-order valence-electron chi connectivity index (χ4n) is 0.899. The van der Waals surface area contributed by atoms with Crippen molar-refractivity contribution < 1.29 is 4.74 Å². The molecule has 0 aromatic carbocycles. The van der Waals surface area contributed by atoms with Crippen molar-refractivity contribution in [2.45, 2.75) is 13.3 Å². The molecule has 8 heavy (non-hydrogen) atoms. The van der Waals surface area contributed by atoms with Crippen molar-refractivity contribution in [2.24, 2.45) is 11.8 Å². The maximum Gasteiger partial charge on any atom is 0.0496 e. The van der Waals surface area contributed by atoms with Crippen LogP contribution in [0.5, 0.6) is 0 Å². The quantitative estimate of drug-likeness (QED) is 0.539. The molecule has 0 aliphatic heterocycles. The van der Waals surface area contributed by atoms with Crippen molar-refractivity contribution in [3.05, 3.63) is 6.42 Å². The predicted octanol–water partition coefficient (Wildman–Crippen LogP) is 1.49. The van der Waals surface area contributed by atoms with E-state index in [-0.39, 0.29) is 0 Å². The molecule has 1 heteroatoms. The first kappa shape index (κ1) is 6.09. The Labute approximate surface area is 51.0 Å². The van der Waals surface area contributed by atoms with Crippen LogP contribution in [0.1, 0.15) is 13.3 Å². The third kappa shape index (κ3) is 1.48. The lowest BCUT2D eigenvalue weighted by molar-refractivity contribution is 0.218. The van der Waals surface area contributed by atoms with Crippen molar-refractivity contribution in [1.29, 1.82) is 0 Å². The van der Waals surface area contributed by atoms with Gasteiger partial charge in [0.2, 0.25) is 0 Å². The third-order valence-corrected chi connectivity index (χ3v) is 1.74. The van der Waals surface area contributed by atoms with Gasteiger partial charge in [-0.2, -0.15) is 0 Å². The molecule has 0 N–H and O–H groups in total. The first-order valence-electron chi connectivity index (χ1n) is 3.17. The molecule has 0 bridgehead atoms. The number of rotatable bonds is 3. The summed E-state index contributed by atoms with van der Waals surface area (Å²) in [6.07, 6.45) is 3.63. The van der Waals surface area contributed by atoms with E-state index in [2.05, 4.69) is 13.3 Å². The summed E-state index contributed by atoms with van der Waals surface area (Å²) in [6, 6.07) is 0. The second kappa shape index (κ2) is 2.49. The summed E-state index contributed by atoms with van der Waals surface area (Å²) >= 11 is 0. The van der Waals surface area contributed by atoms with E-state index in [1.807, 2.05) is 0 Å². The summed E-state index contributed by atoms with van der Waals surface area (Å²) in [7, 11) is 1.74. The molecule has 0 heterocycles. The summed E-state index contributed by atoms with van der Waals surface area (Å²) in [5, 5.41) is 0. The van der Waals surface area contributed by atoms with E-state index in [1.54, 1.807) is 7.11 Å². The molecule has 2 unspecified atom stereocenters. The van der Waals surface area contributed by atoms with E-state index in [0.717, 1.165) is 18.4 Å². The third-order valence-electron chi connectivity index (χ3n) is 1.74. The standard InChI is InChI=1S/C7H13O/c1-6-5-7(6)3-4-8-2/h3,6-7H,4-5H2,1-2H3. The van der Waals surface area contributed by atoms with Gasteiger partial charge in [0.05, 0.1) is 0 Å². The van der Waals surface area contributed by atoms with Gasteiger partial charge in [-0.1, -0.05) is 6.92 Å². The average Bonchev–Trinajstić information content (AvgIpc) is 2.42. The van der Waals surface area contributed by atoms with E-state index in [9.17, 15) is 0 Å². The molecule has 0 aromatic rings. The Morgan fingerprint density at radius 1 is 1.75 bits per heavy atom. The molecule has 0 saturated heterocycles. The lowest BCUT2D eigenvalue weighted by Gasteiger charge is -1.92. The summed E-state index contributed by atoms with van der Waals surface area (Å²) in [5.74, 6) is 1.81. The Hall–Kier alpha value is -0.0400. The van der Waals surface area contributed by atoms with Crippen LogP contribution in [-0.4, -0.2) is 13.7 Å². The monoisotopic (exact) mass is 113 g/mol. The fraction of sp³-hybridized carbons (Fsp3) is 0.857. The van der Waals surface area contributed by atoms with Crippen molar-refractivity contribution in [3.8, 4) is 0 Å². The maximum atomic E-state index is 4.89. The number of methoxy groups -OCH3 is 1. The van der Waals surface area contributed by atoms with Crippen molar-refractivity contribution in [3.63, 3.8) is 0 Å². The summed E-state index contributed by atoms with van der Waals surface area (Å²) in [4.78, 5) is 0. The van der Waals surface area contributed by atoms with Crippen molar-refractivity contribution in [2.75, 3.05) is 13.7 Å². The highest BCUT2D eigenvalue weighted by Gasteiger charge is 2.31. The molecular formula is C7H13O. The smallest absolute Gasteiger partial charge is 0.0496 e. The van der Waals surface area contributed by atoms with E-state index >= 15 is 0 Å². The van der Waals surface area contributed by atoms with Crippen LogP contribution >= 0.6 is 0 Å². The molecule has 1 radical (unpaired) electrons. The zero-order valence-corrected chi connectivity index (χ0v) is 5.55. The van der Waals surface area contributed by atoms with Gasteiger partial charge in [0.15, 0.2) is 0 Å². The van der Waals surface area contributed by atoms with Crippen LogP contribution in [-0.2, 0) is 4.74 Å². The second-order valence-electron chi connectivity index (χ2n) is 2.57. The Morgan fingerprint density at radius 2 is 2.38 bits per heavy atom. The molecule has 1 rings (SSSR count). The molecular weight excluding hydrogens is 100 g/mol. The molecule has 47 valence electrons. The molecule has 1 saturated carbocycles. The van der Waals surface area contributed by atoms with Gasteiger partial charge in [0.25, 0.3) is 0 Å². The molecule has 1 aliphatic rings. The normalized spacial score (nSPS) is 35.2. The molecule has 2 atom stereocenters. The van der Waals surface area contributed by atoms with Gasteiger partial charge in [0, 0.05) is 13.7 Å². The van der Waals surface area contributed by atoms with Crippen LogP contribution in [0, 0.1) is 18.3 Å². The summed E-state index contributed by atoms with van der Waals surface area (Å²) in [5.41, 5.74) is 0. The van der Waals surface area contributed by atoms with Crippen LogP contribution in [0.3, 0.4) is 0 Å². The Bertz CT molecular complexity index is 70.8. The zero-order valence-electron chi connectivity index (χ0n) is 5.55. The van der Waals surface area contributed by atoms with Gasteiger partial charge in [0.1, 0.15) is 0 Å². The largest absolute Gasteiger partial charge is 0.384 e. The summed E-state index contributed by atoms with van der Waals surface area (Å²) < 4.78 is 4.89. The van der Waals surface area contributed by atoms with E-state index in [0.29, 0.717) is 0 Å². The minimum atomic E-state index is 0.828. The fourth-order valence-corrected chi connectivity index (χ4v) is 0.899. The number of ether oxygens (including phenoxy) is 1. The highest BCUT2D eigenvalue weighted by molar-refractivity contribution is 4.92. The molecule has 0 spiro atoms. The van der Waals surface area contributed by atoms with Gasteiger partial charge in [-0.3, -0.25) is 0 Å². The van der Waals surface area contributed by atoms with Crippen LogP contribution in [0.25, 0.3) is 0 Å². The van der Waals surface area contributed by atoms with Crippen molar-refractivity contribution in [1.82, 2.24) is 0 Å². The van der Waals surface area contributed by atoms with Gasteiger partial charge < -0.3 is 4.74 Å². The zero-order chi connectivity index (χ0) is 5.98. The minimum absolute atomic E-state index is 0.828. The Balaban J connectivity index is 1.89. The highest BCUT2D eigenvalue weighted by Crippen LogP contribution is 2.39.